The Balaban J connectivity index is 0.00000264. The van der Waals surface area contributed by atoms with Crippen LogP contribution in [0, 0.1) is 6.92 Å². The van der Waals surface area contributed by atoms with Crippen molar-refractivity contribution in [3.05, 3.63) is 28.3 Å². The van der Waals surface area contributed by atoms with E-state index in [1.807, 2.05) is 4.90 Å². The topological polar surface area (TPSA) is 35.5 Å². The Hall–Kier alpha value is -0.690. The summed E-state index contributed by atoms with van der Waals surface area (Å²) in [7, 11) is 0. The maximum atomic E-state index is 12.6. The van der Waals surface area contributed by atoms with Crippen LogP contribution < -0.4 is 5.32 Å². The molecule has 0 saturated carbocycles. The van der Waals surface area contributed by atoms with Crippen LogP contribution in [-0.2, 0) is 0 Å². The summed E-state index contributed by atoms with van der Waals surface area (Å²) in [6, 6.07) is 2.70. The minimum absolute atomic E-state index is 0. The molecule has 23 heavy (non-hydrogen) atoms. The highest BCUT2D eigenvalue weighted by Crippen LogP contribution is 2.38. The normalized spacial score (nSPS) is 17.6. The van der Waals surface area contributed by atoms with Crippen LogP contribution in [-0.4, -0.2) is 42.4 Å². The van der Waals surface area contributed by atoms with Crippen molar-refractivity contribution in [2.24, 2.45) is 0 Å². The molecule has 1 aliphatic rings. The molecule has 8 heteroatoms. The number of aryl methyl sites for hydroxylation is 1. The van der Waals surface area contributed by atoms with Crippen LogP contribution in [0.3, 0.4) is 0 Å². The molecular formula is C15H21Cl2F3N2O. The van der Waals surface area contributed by atoms with Crippen LogP contribution in [0.25, 0.3) is 0 Å². The molecule has 1 atom stereocenters. The SMILES string of the molecule is Cc1cc(Cl)cc([C@@H](CCC(F)(F)F)N2CCNCC2)c1O.Cl. The van der Waals surface area contributed by atoms with Crippen LogP contribution in [0.4, 0.5) is 13.2 Å². The Morgan fingerprint density at radius 2 is 1.91 bits per heavy atom. The maximum absolute atomic E-state index is 12.6. The quantitative estimate of drug-likeness (QED) is 0.836. The molecule has 0 bridgehead atoms. The summed E-state index contributed by atoms with van der Waals surface area (Å²) in [4.78, 5) is 1.98. The van der Waals surface area contributed by atoms with Gasteiger partial charge in [-0.2, -0.15) is 13.2 Å². The molecule has 0 aromatic heterocycles. The van der Waals surface area contributed by atoms with Gasteiger partial charge in [-0.25, -0.2) is 0 Å². The third-order valence-electron chi connectivity index (χ3n) is 3.95. The van der Waals surface area contributed by atoms with E-state index in [2.05, 4.69) is 5.32 Å². The molecule has 1 aromatic rings. The fraction of sp³-hybridized carbons (Fsp3) is 0.600. The van der Waals surface area contributed by atoms with Crippen molar-refractivity contribution < 1.29 is 18.3 Å². The number of aromatic hydroxyl groups is 1. The number of halogens is 5. The number of benzene rings is 1. The minimum Gasteiger partial charge on any atom is -0.507 e. The zero-order valence-corrected chi connectivity index (χ0v) is 14.4. The van der Waals surface area contributed by atoms with Crippen LogP contribution >= 0.6 is 24.0 Å². The second-order valence-corrected chi connectivity index (χ2v) is 6.05. The lowest BCUT2D eigenvalue weighted by molar-refractivity contribution is -0.138. The molecule has 1 heterocycles. The number of nitrogens with zero attached hydrogens (tertiary/aromatic N) is 1. The van der Waals surface area contributed by atoms with Crippen LogP contribution in [0.2, 0.25) is 5.02 Å². The first-order valence-electron chi connectivity index (χ1n) is 7.28. The van der Waals surface area contributed by atoms with Crippen LogP contribution in [0.15, 0.2) is 12.1 Å². The fourth-order valence-electron chi connectivity index (χ4n) is 2.84. The molecule has 1 saturated heterocycles. The fourth-order valence-corrected chi connectivity index (χ4v) is 3.13. The van der Waals surface area contributed by atoms with Gasteiger partial charge in [0.05, 0.1) is 0 Å². The monoisotopic (exact) mass is 372 g/mol. The lowest BCUT2D eigenvalue weighted by Crippen LogP contribution is -2.45. The predicted octanol–water partition coefficient (Wildman–Crippen LogP) is 4.06. The summed E-state index contributed by atoms with van der Waals surface area (Å²) < 4.78 is 37.9. The van der Waals surface area contributed by atoms with Crippen LogP contribution in [0.5, 0.6) is 5.75 Å². The van der Waals surface area contributed by atoms with Crippen molar-refractivity contribution >= 4 is 24.0 Å². The summed E-state index contributed by atoms with van der Waals surface area (Å²) in [6.45, 7) is 4.44. The molecule has 0 unspecified atom stereocenters. The molecule has 132 valence electrons. The Kier molecular flexibility index (Phi) is 7.45. The number of hydrogen-bond donors (Lipinski definition) is 2. The Bertz CT molecular complexity index is 520. The smallest absolute Gasteiger partial charge is 0.389 e. The number of nitrogens with one attached hydrogen (secondary N) is 1. The number of phenolic OH excluding ortho intramolecular Hbond substituents is 1. The van der Waals surface area contributed by atoms with Gasteiger partial charge >= 0.3 is 6.18 Å². The standard InChI is InChI=1S/C15H20ClF3N2O.ClH/c1-10-8-11(16)9-12(14(10)22)13(2-3-15(17,18)19)21-6-4-20-5-7-21;/h8-9,13,20,22H,2-7H2,1H3;1H/t13-;/m1./s1. The highest BCUT2D eigenvalue weighted by atomic mass is 35.5. The van der Waals surface area contributed by atoms with E-state index in [0.717, 1.165) is 13.1 Å². The number of phenols is 1. The lowest BCUT2D eigenvalue weighted by Gasteiger charge is -2.36. The molecule has 2 rings (SSSR count). The van der Waals surface area contributed by atoms with E-state index >= 15 is 0 Å². The summed E-state index contributed by atoms with van der Waals surface area (Å²) >= 11 is 6.03. The van der Waals surface area contributed by atoms with Gasteiger partial charge in [0.2, 0.25) is 0 Å². The first-order valence-corrected chi connectivity index (χ1v) is 7.66. The highest BCUT2D eigenvalue weighted by molar-refractivity contribution is 6.30. The third-order valence-corrected chi connectivity index (χ3v) is 4.17. The second kappa shape index (κ2) is 8.42. The molecule has 1 aromatic carbocycles. The molecule has 0 amide bonds. The van der Waals surface area contributed by atoms with E-state index in [1.54, 1.807) is 19.1 Å². The van der Waals surface area contributed by atoms with E-state index < -0.39 is 18.6 Å². The van der Waals surface area contributed by atoms with Gasteiger partial charge in [0.15, 0.2) is 0 Å². The Morgan fingerprint density at radius 3 is 2.48 bits per heavy atom. The Labute approximate surface area is 145 Å². The van der Waals surface area contributed by atoms with Gasteiger partial charge in [-0.3, -0.25) is 4.90 Å². The predicted molar refractivity (Wildman–Crippen MR) is 87.6 cm³/mol. The van der Waals surface area contributed by atoms with E-state index in [4.69, 9.17) is 11.6 Å². The van der Waals surface area contributed by atoms with Gasteiger partial charge in [0.1, 0.15) is 5.75 Å². The van der Waals surface area contributed by atoms with Crippen LogP contribution in [0.1, 0.15) is 30.0 Å². The average Bonchev–Trinajstić information content (AvgIpc) is 2.44. The molecule has 0 spiro atoms. The number of piperazine rings is 1. The van der Waals surface area contributed by atoms with E-state index in [-0.39, 0.29) is 24.6 Å². The van der Waals surface area contributed by atoms with Gasteiger partial charge in [0, 0.05) is 49.2 Å². The van der Waals surface area contributed by atoms with Crippen molar-refractivity contribution in [1.82, 2.24) is 10.2 Å². The van der Waals surface area contributed by atoms with E-state index in [1.165, 1.54) is 0 Å². The number of alkyl halides is 3. The molecule has 0 aliphatic carbocycles. The van der Waals surface area contributed by atoms with Gasteiger partial charge in [-0.05, 0) is 31.0 Å². The zero-order valence-electron chi connectivity index (χ0n) is 12.8. The number of rotatable bonds is 4. The van der Waals surface area contributed by atoms with Crippen molar-refractivity contribution in [2.45, 2.75) is 32.0 Å². The summed E-state index contributed by atoms with van der Waals surface area (Å²) in [5.74, 6) is 0.0371. The lowest BCUT2D eigenvalue weighted by atomic mass is 9.96. The summed E-state index contributed by atoms with van der Waals surface area (Å²) in [5, 5.41) is 13.9. The van der Waals surface area contributed by atoms with Gasteiger partial charge in [-0.1, -0.05) is 11.6 Å². The minimum atomic E-state index is -4.21. The molecular weight excluding hydrogens is 352 g/mol. The average molecular weight is 373 g/mol. The van der Waals surface area contributed by atoms with E-state index in [9.17, 15) is 18.3 Å². The molecule has 1 fully saturated rings. The molecule has 2 N–H and O–H groups in total. The largest absolute Gasteiger partial charge is 0.507 e. The van der Waals surface area contributed by atoms with Crippen molar-refractivity contribution in [2.75, 3.05) is 26.2 Å². The second-order valence-electron chi connectivity index (χ2n) is 5.62. The third kappa shape index (κ3) is 5.71. The zero-order chi connectivity index (χ0) is 16.3. The number of hydrogen-bond acceptors (Lipinski definition) is 3. The first-order chi connectivity index (χ1) is 10.3. The molecule has 0 radical (unpaired) electrons. The molecule has 3 nitrogen and oxygen atoms in total. The van der Waals surface area contributed by atoms with Gasteiger partial charge in [-0.15, -0.1) is 12.4 Å². The highest BCUT2D eigenvalue weighted by Gasteiger charge is 2.32. The van der Waals surface area contributed by atoms with Crippen molar-refractivity contribution in [3.63, 3.8) is 0 Å². The van der Waals surface area contributed by atoms with Gasteiger partial charge < -0.3 is 10.4 Å². The summed E-state index contributed by atoms with van der Waals surface area (Å²) in [5.41, 5.74) is 1.06. The summed E-state index contributed by atoms with van der Waals surface area (Å²) in [6.07, 6.45) is -5.18. The van der Waals surface area contributed by atoms with E-state index in [0.29, 0.717) is 29.2 Å². The Morgan fingerprint density at radius 1 is 1.30 bits per heavy atom. The first kappa shape index (κ1) is 20.4. The van der Waals surface area contributed by atoms with Crippen molar-refractivity contribution in [1.29, 1.82) is 0 Å². The maximum Gasteiger partial charge on any atom is 0.389 e. The molecule has 1 aliphatic heterocycles. The van der Waals surface area contributed by atoms with Gasteiger partial charge in [0.25, 0.3) is 0 Å². The van der Waals surface area contributed by atoms with Crippen molar-refractivity contribution in [3.8, 4) is 5.75 Å².